The van der Waals surface area contributed by atoms with Crippen molar-refractivity contribution in [1.82, 2.24) is 0 Å². The largest absolute Gasteiger partial charge is 0.489 e. The van der Waals surface area contributed by atoms with Crippen molar-refractivity contribution < 1.29 is 23.1 Å². The zero-order valence-corrected chi connectivity index (χ0v) is 18.3. The average molecular weight is 446 g/mol. The molecule has 0 aliphatic rings. The monoisotopic (exact) mass is 446 g/mol. The first-order chi connectivity index (χ1) is 15.7. The fourth-order valence-electron chi connectivity index (χ4n) is 2.90. The first-order valence-electron chi connectivity index (χ1n) is 10.2. The van der Waals surface area contributed by atoms with Gasteiger partial charge in [0, 0.05) is 0 Å². The van der Waals surface area contributed by atoms with E-state index in [1.807, 2.05) is 60.7 Å². The van der Waals surface area contributed by atoms with E-state index < -0.39 is 8.25 Å². The zero-order valence-electron chi connectivity index (χ0n) is 17.3. The summed E-state index contributed by atoms with van der Waals surface area (Å²) >= 11 is 0. The van der Waals surface area contributed by atoms with Gasteiger partial charge in [-0.25, -0.2) is 4.57 Å². The Morgan fingerprint density at radius 3 is 1.19 bits per heavy atom. The number of hydrogen-bond donors (Lipinski definition) is 0. The molecule has 0 saturated heterocycles. The van der Waals surface area contributed by atoms with Crippen LogP contribution in [0, 0.1) is 0 Å². The second-order valence-corrected chi connectivity index (χ2v) is 7.85. The molecule has 0 atom stereocenters. The van der Waals surface area contributed by atoms with E-state index in [0.29, 0.717) is 36.2 Å². The van der Waals surface area contributed by atoms with Gasteiger partial charge in [0.25, 0.3) is 0 Å². The maximum atomic E-state index is 12.3. The van der Waals surface area contributed by atoms with Gasteiger partial charge in [-0.2, -0.15) is 0 Å². The predicted octanol–water partition coefficient (Wildman–Crippen LogP) is 6.69. The lowest BCUT2D eigenvalue weighted by Gasteiger charge is -2.10. The predicted molar refractivity (Wildman–Crippen MR) is 125 cm³/mol. The van der Waals surface area contributed by atoms with Gasteiger partial charge in [-0.3, -0.25) is 0 Å². The van der Waals surface area contributed by atoms with Crippen LogP contribution in [0.1, 0.15) is 11.1 Å². The molecule has 0 fully saturated rings. The molecular weight excluding hydrogens is 423 g/mol. The number of rotatable bonds is 10. The van der Waals surface area contributed by atoms with E-state index in [-0.39, 0.29) is 0 Å². The molecule has 0 amide bonds. The second kappa shape index (κ2) is 11.1. The standard InChI is InChI=1S/C26H23O5P/c27-32(30-25-15-11-23(12-16-25)28-19-21-7-3-1-4-8-21)31-26-17-13-24(14-18-26)29-20-22-9-5-2-6-10-22/h1-18,32H,19-20H2. The number of hydrogen-bond acceptors (Lipinski definition) is 5. The van der Waals surface area contributed by atoms with Gasteiger partial charge >= 0.3 is 8.25 Å². The van der Waals surface area contributed by atoms with Gasteiger partial charge in [0.15, 0.2) is 0 Å². The van der Waals surface area contributed by atoms with Crippen LogP contribution in [-0.4, -0.2) is 0 Å². The van der Waals surface area contributed by atoms with Gasteiger partial charge in [0.2, 0.25) is 0 Å². The van der Waals surface area contributed by atoms with Crippen LogP contribution in [0.4, 0.5) is 0 Å². The van der Waals surface area contributed by atoms with Crippen LogP contribution in [0.2, 0.25) is 0 Å². The van der Waals surface area contributed by atoms with Crippen LogP contribution in [0.15, 0.2) is 109 Å². The molecule has 0 radical (unpaired) electrons. The smallest absolute Gasteiger partial charge is 0.418 e. The SMILES string of the molecule is O=[PH](Oc1ccc(OCc2ccccc2)cc1)Oc1ccc(OCc2ccccc2)cc1. The number of ether oxygens (including phenoxy) is 2. The highest BCUT2D eigenvalue weighted by molar-refractivity contribution is 7.34. The molecule has 0 spiro atoms. The summed E-state index contributed by atoms with van der Waals surface area (Å²) in [4.78, 5) is 0. The van der Waals surface area contributed by atoms with Gasteiger partial charge in [-0.1, -0.05) is 60.7 Å². The van der Waals surface area contributed by atoms with Crippen LogP contribution in [0.25, 0.3) is 0 Å². The van der Waals surface area contributed by atoms with Crippen molar-refractivity contribution in [2.75, 3.05) is 0 Å². The van der Waals surface area contributed by atoms with Crippen LogP contribution >= 0.6 is 8.25 Å². The first-order valence-corrected chi connectivity index (χ1v) is 11.4. The van der Waals surface area contributed by atoms with Crippen molar-refractivity contribution >= 4 is 8.25 Å². The molecule has 0 heterocycles. The van der Waals surface area contributed by atoms with E-state index in [9.17, 15) is 4.57 Å². The fraction of sp³-hybridized carbons (Fsp3) is 0.0769. The molecule has 0 saturated carbocycles. The fourth-order valence-corrected chi connectivity index (χ4v) is 3.60. The van der Waals surface area contributed by atoms with Gasteiger partial charge in [-0.15, -0.1) is 0 Å². The average Bonchev–Trinajstić information content (AvgIpc) is 2.84. The molecule has 4 aromatic rings. The van der Waals surface area contributed by atoms with Gasteiger partial charge < -0.3 is 18.5 Å². The van der Waals surface area contributed by atoms with Crippen LogP contribution in [0.3, 0.4) is 0 Å². The molecule has 32 heavy (non-hydrogen) atoms. The summed E-state index contributed by atoms with van der Waals surface area (Å²) in [6, 6.07) is 33.7. The lowest BCUT2D eigenvalue weighted by Crippen LogP contribution is -1.95. The molecular formula is C26H23O5P. The molecule has 6 heteroatoms. The minimum atomic E-state index is -2.76. The Hall–Kier alpha value is -3.69. The summed E-state index contributed by atoms with van der Waals surface area (Å²) in [6.45, 7) is 0.956. The van der Waals surface area contributed by atoms with E-state index in [4.69, 9.17) is 18.5 Å². The van der Waals surface area contributed by atoms with Crippen molar-refractivity contribution in [3.8, 4) is 23.0 Å². The van der Waals surface area contributed by atoms with Gasteiger partial charge in [0.05, 0.1) is 0 Å². The summed E-state index contributed by atoms with van der Waals surface area (Å²) in [7, 11) is -2.76. The van der Waals surface area contributed by atoms with Crippen molar-refractivity contribution in [3.63, 3.8) is 0 Å². The Morgan fingerprint density at radius 1 is 0.469 bits per heavy atom. The molecule has 0 N–H and O–H groups in total. The Bertz CT molecular complexity index is 1020. The maximum Gasteiger partial charge on any atom is 0.418 e. The Balaban J connectivity index is 1.23. The quantitative estimate of drug-likeness (QED) is 0.254. The van der Waals surface area contributed by atoms with Crippen molar-refractivity contribution in [3.05, 3.63) is 120 Å². The van der Waals surface area contributed by atoms with Crippen LogP contribution < -0.4 is 18.5 Å². The van der Waals surface area contributed by atoms with E-state index >= 15 is 0 Å². The zero-order chi connectivity index (χ0) is 22.0. The molecule has 5 nitrogen and oxygen atoms in total. The third-order valence-electron chi connectivity index (χ3n) is 4.55. The lowest BCUT2D eigenvalue weighted by atomic mass is 10.2. The van der Waals surface area contributed by atoms with Gasteiger partial charge in [-0.05, 0) is 59.7 Å². The topological polar surface area (TPSA) is 54.0 Å². The van der Waals surface area contributed by atoms with Crippen molar-refractivity contribution in [2.45, 2.75) is 13.2 Å². The van der Waals surface area contributed by atoms with Crippen molar-refractivity contribution in [1.29, 1.82) is 0 Å². The third-order valence-corrected chi connectivity index (χ3v) is 5.35. The molecule has 0 unspecified atom stereocenters. The highest BCUT2D eigenvalue weighted by atomic mass is 31.1. The number of benzene rings is 4. The highest BCUT2D eigenvalue weighted by Gasteiger charge is 2.06. The second-order valence-electron chi connectivity index (χ2n) is 6.95. The van der Waals surface area contributed by atoms with E-state index in [1.165, 1.54) is 0 Å². The minimum absolute atomic E-state index is 0.448. The van der Waals surface area contributed by atoms with Crippen LogP contribution in [-0.2, 0) is 17.8 Å². The molecule has 4 rings (SSSR count). The van der Waals surface area contributed by atoms with Crippen LogP contribution in [0.5, 0.6) is 23.0 Å². The molecule has 0 aliphatic heterocycles. The Morgan fingerprint density at radius 2 is 0.812 bits per heavy atom. The maximum absolute atomic E-state index is 12.3. The molecule has 4 aromatic carbocycles. The van der Waals surface area contributed by atoms with Gasteiger partial charge in [0.1, 0.15) is 36.2 Å². The first kappa shape index (κ1) is 21.5. The summed E-state index contributed by atoms with van der Waals surface area (Å²) in [6.07, 6.45) is 0. The molecule has 0 aliphatic carbocycles. The third kappa shape index (κ3) is 6.66. The molecule has 0 bridgehead atoms. The van der Waals surface area contributed by atoms with E-state index in [2.05, 4.69) is 0 Å². The Labute approximate surface area is 188 Å². The minimum Gasteiger partial charge on any atom is -0.489 e. The van der Waals surface area contributed by atoms with E-state index in [0.717, 1.165) is 11.1 Å². The van der Waals surface area contributed by atoms with E-state index in [1.54, 1.807) is 48.5 Å². The summed E-state index contributed by atoms with van der Waals surface area (Å²) in [5, 5.41) is 0. The summed E-state index contributed by atoms with van der Waals surface area (Å²) in [5.41, 5.74) is 2.17. The highest BCUT2D eigenvalue weighted by Crippen LogP contribution is 2.32. The lowest BCUT2D eigenvalue weighted by molar-refractivity contribution is 0.305. The Kier molecular flexibility index (Phi) is 7.46. The summed E-state index contributed by atoms with van der Waals surface area (Å²) in [5.74, 6) is 2.30. The molecule has 162 valence electrons. The molecule has 0 aromatic heterocycles. The summed E-state index contributed by atoms with van der Waals surface area (Å²) < 4.78 is 34.5. The van der Waals surface area contributed by atoms with Crippen molar-refractivity contribution in [2.24, 2.45) is 0 Å². The normalized spacial score (nSPS) is 10.5.